The van der Waals surface area contributed by atoms with Gasteiger partial charge in [-0.2, -0.15) is 0 Å². The number of aryl methyl sites for hydroxylation is 2. The van der Waals surface area contributed by atoms with Crippen LogP contribution in [0.1, 0.15) is 67.3 Å². The third kappa shape index (κ3) is 7.54. The molecule has 198 valence electrons. The maximum Gasteiger partial charge on any atom is 0.165 e. The monoisotopic (exact) mass is 509 g/mol. The molecule has 0 aliphatic rings. The van der Waals surface area contributed by atoms with Crippen LogP contribution in [-0.4, -0.2) is 16.3 Å². The second-order valence-electron chi connectivity index (χ2n) is 10.0. The van der Waals surface area contributed by atoms with Crippen molar-refractivity contribution in [3.05, 3.63) is 125 Å². The van der Waals surface area contributed by atoms with Crippen molar-refractivity contribution in [2.75, 3.05) is 10.5 Å². The van der Waals surface area contributed by atoms with E-state index in [0.717, 1.165) is 22.5 Å². The highest BCUT2D eigenvalue weighted by Gasteiger charge is 2.18. The first-order valence-electron chi connectivity index (χ1n) is 13.0. The van der Waals surface area contributed by atoms with E-state index in [-0.39, 0.29) is 0 Å². The summed E-state index contributed by atoms with van der Waals surface area (Å²) >= 11 is 0. The first-order chi connectivity index (χ1) is 18.2. The third-order valence-electron chi connectivity index (χ3n) is 6.25. The number of aliphatic imine (C=N–C) groups is 1. The molecule has 0 atom stereocenters. The van der Waals surface area contributed by atoms with Crippen LogP contribution in [0.3, 0.4) is 0 Å². The van der Waals surface area contributed by atoms with Gasteiger partial charge in [0.25, 0.3) is 0 Å². The fraction of sp³-hybridized carbons (Fsp3) is 0.242. The summed E-state index contributed by atoms with van der Waals surface area (Å²) in [6.45, 7) is 12.7. The Labute approximate surface area is 227 Å². The van der Waals surface area contributed by atoms with E-state index in [9.17, 15) is 5.21 Å². The summed E-state index contributed by atoms with van der Waals surface area (Å²) in [5, 5.41) is 20.7. The van der Waals surface area contributed by atoms with Crippen molar-refractivity contribution in [2.24, 2.45) is 4.99 Å². The SMILES string of the molecule is Cc1ccc(N(O)C(=Nc2c(C(C)C)cccc2C(C)C)c2ccccc2)cc1.Cc1ccc(NO)cc1. The summed E-state index contributed by atoms with van der Waals surface area (Å²) in [6.07, 6.45) is 0. The van der Waals surface area contributed by atoms with Crippen LogP contribution in [-0.2, 0) is 0 Å². The molecule has 4 rings (SSSR count). The Morgan fingerprint density at radius 3 is 1.66 bits per heavy atom. The molecule has 0 aromatic heterocycles. The highest BCUT2D eigenvalue weighted by molar-refractivity contribution is 6.09. The van der Waals surface area contributed by atoms with Crippen molar-refractivity contribution >= 4 is 22.9 Å². The maximum absolute atomic E-state index is 11.1. The lowest BCUT2D eigenvalue weighted by Crippen LogP contribution is -2.28. The van der Waals surface area contributed by atoms with Crippen LogP contribution in [0, 0.1) is 13.8 Å². The Morgan fingerprint density at radius 2 is 1.18 bits per heavy atom. The predicted octanol–water partition coefficient (Wildman–Crippen LogP) is 9.01. The largest absolute Gasteiger partial charge is 0.291 e. The minimum absolute atomic E-state index is 0.330. The van der Waals surface area contributed by atoms with E-state index in [4.69, 9.17) is 10.2 Å². The Hall–Kier alpha value is -3.93. The van der Waals surface area contributed by atoms with Crippen molar-refractivity contribution in [3.8, 4) is 0 Å². The van der Waals surface area contributed by atoms with Crippen molar-refractivity contribution in [1.82, 2.24) is 0 Å². The Kier molecular flexibility index (Phi) is 10.2. The number of rotatable bonds is 6. The van der Waals surface area contributed by atoms with Gasteiger partial charge in [0.2, 0.25) is 0 Å². The summed E-state index contributed by atoms with van der Waals surface area (Å²) < 4.78 is 0. The summed E-state index contributed by atoms with van der Waals surface area (Å²) in [5.41, 5.74) is 9.97. The van der Waals surface area contributed by atoms with E-state index < -0.39 is 0 Å². The number of hydroxylamine groups is 1. The Bertz CT molecular complexity index is 1290. The number of nitrogens with zero attached hydrogens (tertiary/aromatic N) is 2. The smallest absolute Gasteiger partial charge is 0.165 e. The lowest BCUT2D eigenvalue weighted by atomic mass is 9.93. The fourth-order valence-corrected chi connectivity index (χ4v) is 4.00. The topological polar surface area (TPSA) is 68.1 Å². The van der Waals surface area contributed by atoms with Crippen molar-refractivity contribution in [3.63, 3.8) is 0 Å². The molecule has 0 aliphatic heterocycles. The summed E-state index contributed by atoms with van der Waals surface area (Å²) in [7, 11) is 0. The molecule has 4 aromatic carbocycles. The van der Waals surface area contributed by atoms with Crippen LogP contribution in [0.25, 0.3) is 0 Å². The molecule has 0 aliphatic carbocycles. The second kappa shape index (κ2) is 13.6. The van der Waals surface area contributed by atoms with Crippen LogP contribution in [0.5, 0.6) is 0 Å². The first-order valence-corrected chi connectivity index (χ1v) is 13.0. The van der Waals surface area contributed by atoms with E-state index >= 15 is 0 Å². The number of hydrogen-bond acceptors (Lipinski definition) is 4. The Morgan fingerprint density at radius 1 is 0.684 bits per heavy atom. The van der Waals surface area contributed by atoms with Gasteiger partial charge in [-0.25, -0.2) is 10.1 Å². The van der Waals surface area contributed by atoms with Gasteiger partial charge in [0, 0.05) is 5.56 Å². The van der Waals surface area contributed by atoms with Crippen LogP contribution in [0.4, 0.5) is 17.1 Å². The molecular weight excluding hydrogens is 470 g/mol. The lowest BCUT2D eigenvalue weighted by molar-refractivity contribution is 0.313. The molecule has 0 bridgehead atoms. The molecule has 0 heterocycles. The molecule has 5 heteroatoms. The first kappa shape index (κ1) is 28.6. The van der Waals surface area contributed by atoms with Gasteiger partial charge < -0.3 is 0 Å². The molecule has 0 fully saturated rings. The molecule has 0 saturated heterocycles. The van der Waals surface area contributed by atoms with Gasteiger partial charge in [-0.1, -0.05) is 112 Å². The average Bonchev–Trinajstić information content (AvgIpc) is 2.92. The number of nitrogens with one attached hydrogen (secondary N) is 1. The van der Waals surface area contributed by atoms with Crippen molar-refractivity contribution in [1.29, 1.82) is 0 Å². The lowest BCUT2D eigenvalue weighted by Gasteiger charge is -2.22. The van der Waals surface area contributed by atoms with Crippen LogP contribution < -0.4 is 10.5 Å². The van der Waals surface area contributed by atoms with Crippen LogP contribution >= 0.6 is 0 Å². The second-order valence-corrected chi connectivity index (χ2v) is 10.0. The average molecular weight is 510 g/mol. The molecule has 0 amide bonds. The van der Waals surface area contributed by atoms with E-state index in [1.165, 1.54) is 21.8 Å². The molecule has 0 spiro atoms. The minimum atomic E-state index is 0.330. The molecule has 0 unspecified atom stereocenters. The zero-order chi connectivity index (χ0) is 27.7. The minimum Gasteiger partial charge on any atom is -0.291 e. The predicted molar refractivity (Wildman–Crippen MR) is 159 cm³/mol. The standard InChI is InChI=1S/C26H30N2O.C7H9NO/c1-18(2)23-12-9-13-24(19(3)4)25(23)27-26(21-10-7-6-8-11-21)28(29)22-16-14-20(5)15-17-22;1-6-2-4-7(8-9)5-3-6/h6-19,29H,1-5H3;2-5,8-9H,1H3. The van der Waals surface area contributed by atoms with Crippen LogP contribution in [0.2, 0.25) is 0 Å². The van der Waals surface area contributed by atoms with Gasteiger partial charge in [0.15, 0.2) is 5.84 Å². The van der Waals surface area contributed by atoms with Gasteiger partial charge in [-0.15, -0.1) is 0 Å². The number of hydrogen-bond donors (Lipinski definition) is 3. The summed E-state index contributed by atoms with van der Waals surface area (Å²) in [4.78, 5) is 5.06. The molecule has 3 N–H and O–H groups in total. The van der Waals surface area contributed by atoms with Gasteiger partial charge >= 0.3 is 0 Å². The Balaban J connectivity index is 0.000000375. The molecule has 4 aromatic rings. The molecule has 0 radical (unpaired) electrons. The zero-order valence-corrected chi connectivity index (χ0v) is 23.2. The highest BCUT2D eigenvalue weighted by Crippen LogP contribution is 2.35. The molecule has 38 heavy (non-hydrogen) atoms. The molecule has 0 saturated carbocycles. The highest BCUT2D eigenvalue weighted by atomic mass is 16.5. The maximum atomic E-state index is 11.1. The van der Waals surface area contributed by atoms with E-state index in [1.54, 1.807) is 0 Å². The number of para-hydroxylation sites is 1. The molecular formula is C33H39N3O2. The van der Waals surface area contributed by atoms with Gasteiger partial charge in [-0.05, 0) is 61.1 Å². The van der Waals surface area contributed by atoms with Gasteiger partial charge in [0.1, 0.15) is 0 Å². The van der Waals surface area contributed by atoms with E-state index in [2.05, 4.69) is 51.4 Å². The quantitative estimate of drug-likeness (QED) is 0.138. The number of anilines is 2. The van der Waals surface area contributed by atoms with Crippen molar-refractivity contribution < 1.29 is 10.4 Å². The summed E-state index contributed by atoms with van der Waals surface area (Å²) in [5.74, 6) is 1.18. The summed E-state index contributed by atoms with van der Waals surface area (Å²) in [6, 6.07) is 31.5. The van der Waals surface area contributed by atoms with Crippen molar-refractivity contribution in [2.45, 2.75) is 53.4 Å². The third-order valence-corrected chi connectivity index (χ3v) is 6.25. The zero-order valence-electron chi connectivity index (χ0n) is 23.2. The number of benzene rings is 4. The van der Waals surface area contributed by atoms with Crippen LogP contribution in [0.15, 0.2) is 102 Å². The normalized spacial score (nSPS) is 11.3. The van der Waals surface area contributed by atoms with E-state index in [1.807, 2.05) is 92.7 Å². The van der Waals surface area contributed by atoms with E-state index in [0.29, 0.717) is 23.4 Å². The fourth-order valence-electron chi connectivity index (χ4n) is 4.00. The number of amidine groups is 1. The molecule has 5 nitrogen and oxygen atoms in total. The van der Waals surface area contributed by atoms with Gasteiger partial charge in [-0.3, -0.25) is 15.9 Å². The van der Waals surface area contributed by atoms with Gasteiger partial charge in [0.05, 0.1) is 17.1 Å².